The molecular weight excluding hydrogens is 430 g/mol. The average Bonchev–Trinajstić information content (AvgIpc) is 3.18. The van der Waals surface area contributed by atoms with Crippen LogP contribution in [0.15, 0.2) is 53.9 Å². The van der Waals surface area contributed by atoms with Gasteiger partial charge in [0.05, 0.1) is 12.6 Å². The lowest BCUT2D eigenvalue weighted by Crippen LogP contribution is -2.44. The van der Waals surface area contributed by atoms with Crippen molar-refractivity contribution in [2.75, 3.05) is 13.1 Å². The number of amides is 1. The van der Waals surface area contributed by atoms with Gasteiger partial charge >= 0.3 is 0 Å². The third kappa shape index (κ3) is 4.48. The first-order valence-electron chi connectivity index (χ1n) is 9.29. The Kier molecular flexibility index (Phi) is 6.20. The van der Waals surface area contributed by atoms with E-state index in [1.807, 2.05) is 11.0 Å². The highest BCUT2D eigenvalue weighted by molar-refractivity contribution is 7.10. The number of hydrogen-bond acceptors (Lipinski definition) is 3. The predicted molar refractivity (Wildman–Crippen MR) is 116 cm³/mol. The maximum absolute atomic E-state index is 13.1. The molecule has 0 saturated heterocycles. The standard InChI is InChI=1S/C22H19Cl2FN2OS/c23-15-3-6-17(19(24)11-15)22-18-8-10-29-20(18)7-9-27(22)21(28)13-26-12-14-1-4-16(25)5-2-14/h1-6,8,10-11,22,26H,7,9,12-13H2/t22-/m0/s1. The van der Waals surface area contributed by atoms with Gasteiger partial charge in [-0.1, -0.05) is 41.4 Å². The minimum Gasteiger partial charge on any atom is -0.330 e. The first-order valence-corrected chi connectivity index (χ1v) is 10.9. The molecule has 1 aliphatic heterocycles. The molecular formula is C22H19Cl2FN2OS. The Bertz CT molecular complexity index is 1020. The summed E-state index contributed by atoms with van der Waals surface area (Å²) in [7, 11) is 0. The second-order valence-electron chi connectivity index (χ2n) is 6.93. The number of hydrogen-bond donors (Lipinski definition) is 1. The van der Waals surface area contributed by atoms with Crippen LogP contribution in [0.4, 0.5) is 4.39 Å². The van der Waals surface area contributed by atoms with E-state index in [0.717, 1.165) is 23.1 Å². The number of benzene rings is 2. The molecule has 1 aliphatic rings. The Morgan fingerprint density at radius 2 is 1.93 bits per heavy atom. The molecule has 0 aliphatic carbocycles. The molecule has 0 saturated carbocycles. The summed E-state index contributed by atoms with van der Waals surface area (Å²) < 4.78 is 13.0. The second kappa shape index (κ2) is 8.84. The van der Waals surface area contributed by atoms with Gasteiger partial charge in [-0.15, -0.1) is 11.3 Å². The fraction of sp³-hybridized carbons (Fsp3) is 0.227. The summed E-state index contributed by atoms with van der Waals surface area (Å²) in [6.45, 7) is 1.32. The Morgan fingerprint density at radius 1 is 1.14 bits per heavy atom. The second-order valence-corrected chi connectivity index (χ2v) is 8.78. The van der Waals surface area contributed by atoms with Crippen molar-refractivity contribution in [2.45, 2.75) is 19.0 Å². The lowest BCUT2D eigenvalue weighted by molar-refractivity contribution is -0.132. The molecule has 1 atom stereocenters. The molecule has 4 rings (SSSR count). The predicted octanol–water partition coefficient (Wildman–Crippen LogP) is 5.46. The molecule has 1 aromatic heterocycles. The highest BCUT2D eigenvalue weighted by Crippen LogP contribution is 2.40. The smallest absolute Gasteiger partial charge is 0.237 e. The van der Waals surface area contributed by atoms with Gasteiger partial charge < -0.3 is 10.2 Å². The summed E-state index contributed by atoms with van der Waals surface area (Å²) in [5.74, 6) is -0.271. The maximum atomic E-state index is 13.1. The van der Waals surface area contributed by atoms with E-state index in [1.54, 1.807) is 35.6 Å². The van der Waals surface area contributed by atoms with Crippen molar-refractivity contribution in [2.24, 2.45) is 0 Å². The van der Waals surface area contributed by atoms with Crippen molar-refractivity contribution in [1.29, 1.82) is 0 Å². The summed E-state index contributed by atoms with van der Waals surface area (Å²) in [5.41, 5.74) is 2.93. The fourth-order valence-corrected chi connectivity index (χ4v) is 5.08. The van der Waals surface area contributed by atoms with Gasteiger partial charge in [0.25, 0.3) is 0 Å². The summed E-state index contributed by atoms with van der Waals surface area (Å²) >= 11 is 14.3. The average molecular weight is 449 g/mol. The van der Waals surface area contributed by atoms with Gasteiger partial charge in [-0.2, -0.15) is 0 Å². The van der Waals surface area contributed by atoms with Crippen molar-refractivity contribution in [3.8, 4) is 0 Å². The minimum atomic E-state index is -0.271. The number of carbonyl (C=O) groups is 1. The monoisotopic (exact) mass is 448 g/mol. The van der Waals surface area contributed by atoms with Crippen LogP contribution in [0.5, 0.6) is 0 Å². The number of fused-ring (bicyclic) bond motifs is 1. The van der Waals surface area contributed by atoms with E-state index >= 15 is 0 Å². The van der Waals surface area contributed by atoms with Gasteiger partial charge in [0.1, 0.15) is 5.82 Å². The number of thiophene rings is 1. The highest BCUT2D eigenvalue weighted by Gasteiger charge is 2.33. The molecule has 1 N–H and O–H groups in total. The van der Waals surface area contributed by atoms with Crippen molar-refractivity contribution >= 4 is 40.4 Å². The fourth-order valence-electron chi connectivity index (χ4n) is 3.66. The molecule has 2 aromatic carbocycles. The van der Waals surface area contributed by atoms with Crippen molar-refractivity contribution < 1.29 is 9.18 Å². The van der Waals surface area contributed by atoms with Crippen LogP contribution >= 0.6 is 34.5 Å². The van der Waals surface area contributed by atoms with Crippen LogP contribution < -0.4 is 5.32 Å². The first kappa shape index (κ1) is 20.4. The largest absolute Gasteiger partial charge is 0.330 e. The molecule has 0 bridgehead atoms. The van der Waals surface area contributed by atoms with Crippen LogP contribution in [0.3, 0.4) is 0 Å². The van der Waals surface area contributed by atoms with Crippen LogP contribution in [-0.2, 0) is 17.8 Å². The molecule has 7 heteroatoms. The van der Waals surface area contributed by atoms with Gasteiger partial charge in [-0.3, -0.25) is 4.79 Å². The molecule has 29 heavy (non-hydrogen) atoms. The topological polar surface area (TPSA) is 32.3 Å². The van der Waals surface area contributed by atoms with E-state index in [4.69, 9.17) is 23.2 Å². The molecule has 150 valence electrons. The summed E-state index contributed by atoms with van der Waals surface area (Å²) in [4.78, 5) is 16.2. The molecule has 1 amide bonds. The van der Waals surface area contributed by atoms with Crippen molar-refractivity contribution in [3.63, 3.8) is 0 Å². The van der Waals surface area contributed by atoms with Crippen LogP contribution in [0, 0.1) is 5.82 Å². The number of rotatable bonds is 5. The van der Waals surface area contributed by atoms with Gasteiger partial charge in [-0.05, 0) is 58.8 Å². The Labute approximate surface area is 183 Å². The maximum Gasteiger partial charge on any atom is 0.237 e. The molecule has 0 radical (unpaired) electrons. The number of nitrogens with zero attached hydrogens (tertiary/aromatic N) is 1. The van der Waals surface area contributed by atoms with Crippen LogP contribution in [0.1, 0.15) is 27.6 Å². The lowest BCUT2D eigenvalue weighted by Gasteiger charge is -2.37. The van der Waals surface area contributed by atoms with E-state index in [2.05, 4.69) is 16.8 Å². The minimum absolute atomic E-state index is 0.0000201. The number of halogens is 3. The Balaban J connectivity index is 1.53. The molecule has 0 unspecified atom stereocenters. The third-order valence-electron chi connectivity index (χ3n) is 5.06. The van der Waals surface area contributed by atoms with E-state index in [-0.39, 0.29) is 24.3 Å². The molecule has 0 fully saturated rings. The number of carbonyl (C=O) groups excluding carboxylic acids is 1. The SMILES string of the molecule is O=C(CNCc1ccc(F)cc1)N1CCc2sccc2[C@@H]1c1ccc(Cl)cc1Cl. The van der Waals surface area contributed by atoms with E-state index < -0.39 is 0 Å². The van der Waals surface area contributed by atoms with E-state index in [0.29, 0.717) is 23.1 Å². The van der Waals surface area contributed by atoms with Gasteiger partial charge in [0, 0.05) is 28.0 Å². The zero-order valence-corrected chi connectivity index (χ0v) is 17.8. The Hall–Kier alpha value is -1.92. The third-order valence-corrected chi connectivity index (χ3v) is 6.62. The summed E-state index contributed by atoms with van der Waals surface area (Å²) in [6, 6.07) is 13.5. The summed E-state index contributed by atoms with van der Waals surface area (Å²) in [5, 5.41) is 6.35. The van der Waals surface area contributed by atoms with E-state index in [9.17, 15) is 9.18 Å². The van der Waals surface area contributed by atoms with Crippen LogP contribution in [-0.4, -0.2) is 23.9 Å². The normalized spacial score (nSPS) is 16.0. The van der Waals surface area contributed by atoms with E-state index in [1.165, 1.54) is 17.0 Å². The lowest BCUT2D eigenvalue weighted by atomic mass is 9.93. The van der Waals surface area contributed by atoms with Crippen LogP contribution in [0.2, 0.25) is 10.0 Å². The van der Waals surface area contributed by atoms with Gasteiger partial charge in [-0.25, -0.2) is 4.39 Å². The highest BCUT2D eigenvalue weighted by atomic mass is 35.5. The molecule has 3 nitrogen and oxygen atoms in total. The van der Waals surface area contributed by atoms with Crippen LogP contribution in [0.25, 0.3) is 0 Å². The summed E-state index contributed by atoms with van der Waals surface area (Å²) in [6.07, 6.45) is 0.832. The van der Waals surface area contributed by atoms with Crippen molar-refractivity contribution in [3.05, 3.63) is 91.3 Å². The zero-order chi connectivity index (χ0) is 20.4. The molecule has 3 aromatic rings. The van der Waals surface area contributed by atoms with Gasteiger partial charge in [0.2, 0.25) is 5.91 Å². The Morgan fingerprint density at radius 3 is 2.69 bits per heavy atom. The number of nitrogens with one attached hydrogen (secondary N) is 1. The molecule has 0 spiro atoms. The van der Waals surface area contributed by atoms with Gasteiger partial charge in [0.15, 0.2) is 0 Å². The quantitative estimate of drug-likeness (QED) is 0.561. The first-order chi connectivity index (χ1) is 14.0. The molecule has 2 heterocycles. The van der Waals surface area contributed by atoms with Crippen molar-refractivity contribution in [1.82, 2.24) is 10.2 Å². The zero-order valence-electron chi connectivity index (χ0n) is 15.5.